The summed E-state index contributed by atoms with van der Waals surface area (Å²) in [5.41, 5.74) is 2.10. The number of nitrogens with zero attached hydrogens (tertiary/aromatic N) is 2. The molecule has 0 spiro atoms. The van der Waals surface area contributed by atoms with Crippen molar-refractivity contribution < 1.29 is 9.53 Å². The number of anilines is 1. The minimum absolute atomic E-state index is 0.0305. The van der Waals surface area contributed by atoms with Crippen LogP contribution in [0.3, 0.4) is 0 Å². The topological polar surface area (TPSA) is 44.8 Å². The van der Waals surface area contributed by atoms with Crippen molar-refractivity contribution in [3.8, 4) is 0 Å². The van der Waals surface area contributed by atoms with Gasteiger partial charge in [0.1, 0.15) is 6.10 Å². The van der Waals surface area contributed by atoms with Crippen molar-refractivity contribution in [2.24, 2.45) is 0 Å². The Kier molecular flexibility index (Phi) is 5.65. The molecular weight excluding hydrogens is 290 g/mol. The molecule has 0 aromatic heterocycles. The third-order valence-electron chi connectivity index (χ3n) is 4.76. The Morgan fingerprint density at radius 1 is 1.22 bits per heavy atom. The summed E-state index contributed by atoms with van der Waals surface area (Å²) in [5, 5.41) is 3.08. The van der Waals surface area contributed by atoms with Crippen LogP contribution in [0.4, 0.5) is 5.69 Å². The monoisotopic (exact) mass is 317 g/mol. The van der Waals surface area contributed by atoms with Crippen molar-refractivity contribution >= 4 is 11.6 Å². The number of hydrogen-bond donors (Lipinski definition) is 1. The number of likely N-dealkylation sites (tertiary alicyclic amines) is 1. The van der Waals surface area contributed by atoms with E-state index in [-0.39, 0.29) is 12.0 Å². The van der Waals surface area contributed by atoms with Crippen molar-refractivity contribution in [1.29, 1.82) is 0 Å². The largest absolute Gasteiger partial charge is 0.366 e. The van der Waals surface area contributed by atoms with Gasteiger partial charge in [-0.2, -0.15) is 0 Å². The van der Waals surface area contributed by atoms with Gasteiger partial charge in [-0.15, -0.1) is 0 Å². The summed E-state index contributed by atoms with van der Waals surface area (Å²) >= 11 is 0. The highest BCUT2D eigenvalue weighted by Crippen LogP contribution is 2.20. The first-order valence-corrected chi connectivity index (χ1v) is 8.71. The van der Waals surface area contributed by atoms with Gasteiger partial charge in [0.15, 0.2) is 0 Å². The smallest absolute Gasteiger partial charge is 0.254 e. The molecule has 1 N–H and O–H groups in total. The van der Waals surface area contributed by atoms with E-state index in [1.807, 2.05) is 18.2 Å². The summed E-state index contributed by atoms with van der Waals surface area (Å²) in [6.45, 7) is 8.50. The lowest BCUT2D eigenvalue weighted by Gasteiger charge is -2.31. The van der Waals surface area contributed by atoms with Crippen molar-refractivity contribution in [2.75, 3.05) is 44.6 Å². The van der Waals surface area contributed by atoms with Crippen LogP contribution in [0.15, 0.2) is 24.3 Å². The number of benzene rings is 1. The second kappa shape index (κ2) is 7.90. The molecule has 1 atom stereocenters. The highest BCUT2D eigenvalue weighted by atomic mass is 16.5. The van der Waals surface area contributed by atoms with Crippen molar-refractivity contribution in [1.82, 2.24) is 9.80 Å². The van der Waals surface area contributed by atoms with Crippen molar-refractivity contribution in [3.05, 3.63) is 29.8 Å². The Balaban J connectivity index is 1.63. The van der Waals surface area contributed by atoms with Gasteiger partial charge in [-0.3, -0.25) is 14.6 Å². The molecule has 2 saturated heterocycles. The van der Waals surface area contributed by atoms with Gasteiger partial charge in [0, 0.05) is 25.3 Å². The van der Waals surface area contributed by atoms with Gasteiger partial charge >= 0.3 is 0 Å². The van der Waals surface area contributed by atoms with E-state index in [2.05, 4.69) is 28.1 Å². The highest BCUT2D eigenvalue weighted by Gasteiger charge is 2.26. The van der Waals surface area contributed by atoms with Gasteiger partial charge in [0.05, 0.1) is 6.61 Å². The van der Waals surface area contributed by atoms with Gasteiger partial charge in [-0.25, -0.2) is 0 Å². The maximum absolute atomic E-state index is 12.5. The lowest BCUT2D eigenvalue weighted by atomic mass is 10.1. The molecule has 126 valence electrons. The Morgan fingerprint density at radius 3 is 2.78 bits per heavy atom. The average molecular weight is 317 g/mol. The summed E-state index contributed by atoms with van der Waals surface area (Å²) in [6.07, 6.45) is 2.18. The molecule has 1 aromatic rings. The molecule has 0 saturated carbocycles. The fourth-order valence-corrected chi connectivity index (χ4v) is 3.32. The number of carbonyl (C=O) groups is 1. The van der Waals surface area contributed by atoms with Crippen LogP contribution in [0.5, 0.6) is 0 Å². The number of carbonyl (C=O) groups excluding carboxylic acids is 1. The zero-order valence-electron chi connectivity index (χ0n) is 14.0. The molecule has 1 aromatic carbocycles. The molecule has 23 heavy (non-hydrogen) atoms. The summed E-state index contributed by atoms with van der Waals surface area (Å²) in [6, 6.07) is 8.11. The van der Waals surface area contributed by atoms with Crippen LogP contribution in [0.25, 0.3) is 0 Å². The predicted octanol–water partition coefficient (Wildman–Crippen LogP) is 1.94. The first kappa shape index (κ1) is 16.4. The lowest BCUT2D eigenvalue weighted by molar-refractivity contribution is -0.132. The van der Waals surface area contributed by atoms with Gasteiger partial charge in [0.25, 0.3) is 5.91 Å². The van der Waals surface area contributed by atoms with Gasteiger partial charge < -0.3 is 10.1 Å². The lowest BCUT2D eigenvalue weighted by Crippen LogP contribution is -2.47. The first-order valence-electron chi connectivity index (χ1n) is 8.71. The highest BCUT2D eigenvalue weighted by molar-refractivity contribution is 5.95. The molecule has 2 fully saturated rings. The minimum Gasteiger partial charge on any atom is -0.366 e. The SMILES string of the molecule is CCN1CCO[C@H](C(=O)Nc2ccccc2CN2CCCC2)C1. The van der Waals surface area contributed by atoms with Crippen LogP contribution in [-0.2, 0) is 16.1 Å². The van der Waals surface area contributed by atoms with Gasteiger partial charge in [0.2, 0.25) is 0 Å². The van der Waals surface area contributed by atoms with Crippen LogP contribution in [-0.4, -0.2) is 61.1 Å². The maximum Gasteiger partial charge on any atom is 0.254 e. The summed E-state index contributed by atoms with van der Waals surface area (Å²) in [5.74, 6) is -0.0305. The maximum atomic E-state index is 12.5. The molecule has 2 aliphatic heterocycles. The number of rotatable bonds is 5. The molecule has 2 aliphatic rings. The second-order valence-corrected chi connectivity index (χ2v) is 6.38. The Morgan fingerprint density at radius 2 is 2.00 bits per heavy atom. The molecule has 3 rings (SSSR count). The quantitative estimate of drug-likeness (QED) is 0.901. The number of para-hydroxylation sites is 1. The van der Waals surface area contributed by atoms with E-state index in [4.69, 9.17) is 4.74 Å². The molecule has 5 heteroatoms. The van der Waals surface area contributed by atoms with Crippen molar-refractivity contribution in [3.63, 3.8) is 0 Å². The third kappa shape index (κ3) is 4.31. The summed E-state index contributed by atoms with van der Waals surface area (Å²) in [4.78, 5) is 17.2. The molecule has 0 aliphatic carbocycles. The fourth-order valence-electron chi connectivity index (χ4n) is 3.32. The van der Waals surface area contributed by atoms with Crippen LogP contribution in [0.2, 0.25) is 0 Å². The molecule has 5 nitrogen and oxygen atoms in total. The number of ether oxygens (including phenoxy) is 1. The number of amides is 1. The average Bonchev–Trinajstić information content (AvgIpc) is 3.09. The summed E-state index contributed by atoms with van der Waals surface area (Å²) in [7, 11) is 0. The van der Waals surface area contributed by atoms with Gasteiger partial charge in [-0.1, -0.05) is 25.1 Å². The molecular formula is C18H27N3O2. The zero-order valence-corrected chi connectivity index (χ0v) is 14.0. The Bertz CT molecular complexity index is 529. The van der Waals surface area contributed by atoms with Crippen LogP contribution >= 0.6 is 0 Å². The fraction of sp³-hybridized carbons (Fsp3) is 0.611. The van der Waals surface area contributed by atoms with E-state index in [0.29, 0.717) is 13.2 Å². The molecule has 2 heterocycles. The number of likely N-dealkylation sites (N-methyl/N-ethyl adjacent to an activating group) is 1. The van der Waals surface area contributed by atoms with Crippen LogP contribution < -0.4 is 5.32 Å². The standard InChI is InChI=1S/C18H27N3O2/c1-2-20-11-12-23-17(14-20)18(22)19-16-8-4-3-7-15(16)13-21-9-5-6-10-21/h3-4,7-8,17H,2,5-6,9-14H2,1H3,(H,19,22)/t17-/m0/s1. The molecule has 0 unspecified atom stereocenters. The third-order valence-corrected chi connectivity index (χ3v) is 4.76. The van der Waals surface area contributed by atoms with E-state index in [9.17, 15) is 4.79 Å². The summed E-state index contributed by atoms with van der Waals surface area (Å²) < 4.78 is 5.65. The van der Waals surface area contributed by atoms with Crippen molar-refractivity contribution in [2.45, 2.75) is 32.4 Å². The van der Waals surface area contributed by atoms with Crippen LogP contribution in [0, 0.1) is 0 Å². The van der Waals surface area contributed by atoms with E-state index in [1.165, 1.54) is 18.4 Å². The Labute approximate surface area is 138 Å². The molecule has 0 radical (unpaired) electrons. The zero-order chi connectivity index (χ0) is 16.1. The molecule has 1 amide bonds. The Hall–Kier alpha value is -1.43. The van der Waals surface area contributed by atoms with E-state index in [1.54, 1.807) is 0 Å². The number of nitrogens with one attached hydrogen (secondary N) is 1. The number of hydrogen-bond acceptors (Lipinski definition) is 4. The first-order chi connectivity index (χ1) is 11.3. The van der Waals surface area contributed by atoms with E-state index >= 15 is 0 Å². The van der Waals surface area contributed by atoms with Gasteiger partial charge in [-0.05, 0) is 44.1 Å². The number of morpholine rings is 1. The molecule has 0 bridgehead atoms. The normalized spacial score (nSPS) is 23.1. The van der Waals surface area contributed by atoms with Crippen LogP contribution in [0.1, 0.15) is 25.3 Å². The predicted molar refractivity (Wildman–Crippen MR) is 91.4 cm³/mol. The minimum atomic E-state index is -0.372. The second-order valence-electron chi connectivity index (χ2n) is 6.38. The van der Waals surface area contributed by atoms with E-state index < -0.39 is 0 Å². The van der Waals surface area contributed by atoms with E-state index in [0.717, 1.165) is 38.4 Å².